The molecule has 0 aromatic heterocycles. The van der Waals surface area contributed by atoms with Crippen LogP contribution in [0.1, 0.15) is 19.4 Å². The zero-order valence-corrected chi connectivity index (χ0v) is 10.0. The summed E-state index contributed by atoms with van der Waals surface area (Å²) >= 11 is 0. The first-order valence-corrected chi connectivity index (χ1v) is 5.13. The number of aliphatic carboxylic acids is 1. The number of hydrogen-bond donors (Lipinski definition) is 1. The second-order valence-electron chi connectivity index (χ2n) is 4.22. The summed E-state index contributed by atoms with van der Waals surface area (Å²) in [4.78, 5) is 10.5. The molecular formula is C13H15FO3. The predicted molar refractivity (Wildman–Crippen MR) is 62.8 cm³/mol. The number of methoxy groups -OCH3 is 1. The molecular weight excluding hydrogens is 223 g/mol. The minimum Gasteiger partial charge on any atom is -0.494 e. The maximum atomic E-state index is 14.0. The molecule has 0 unspecified atom stereocenters. The number of allylic oxidation sites excluding steroid dienone is 1. The summed E-state index contributed by atoms with van der Waals surface area (Å²) in [6, 6.07) is 4.81. The van der Waals surface area contributed by atoms with Crippen molar-refractivity contribution in [2.75, 3.05) is 7.11 Å². The number of rotatable bonds is 4. The fourth-order valence-corrected chi connectivity index (χ4v) is 1.54. The van der Waals surface area contributed by atoms with Gasteiger partial charge in [-0.05, 0) is 6.07 Å². The standard InChI is InChI=1S/C13H15FO3/c1-13(2,8-7-11(15)16)9-5-4-6-10(17-3)12(9)14/h4-8H,1-3H3,(H,15,16)/b8-7-. The number of benzene rings is 1. The van der Waals surface area contributed by atoms with Gasteiger partial charge in [-0.25, -0.2) is 9.18 Å². The van der Waals surface area contributed by atoms with E-state index in [4.69, 9.17) is 9.84 Å². The van der Waals surface area contributed by atoms with Gasteiger partial charge in [0.05, 0.1) is 7.11 Å². The Morgan fingerprint density at radius 2 is 2.12 bits per heavy atom. The molecule has 1 aromatic rings. The minimum absolute atomic E-state index is 0.152. The summed E-state index contributed by atoms with van der Waals surface area (Å²) in [6.07, 6.45) is 2.46. The highest BCUT2D eigenvalue weighted by Crippen LogP contribution is 2.31. The zero-order chi connectivity index (χ0) is 13.1. The van der Waals surface area contributed by atoms with Gasteiger partial charge in [0, 0.05) is 17.1 Å². The molecule has 0 atom stereocenters. The number of hydrogen-bond acceptors (Lipinski definition) is 2. The summed E-state index contributed by atoms with van der Waals surface area (Å²) in [5, 5.41) is 8.59. The molecule has 1 N–H and O–H groups in total. The number of ether oxygens (including phenoxy) is 1. The Morgan fingerprint density at radius 3 is 2.65 bits per heavy atom. The van der Waals surface area contributed by atoms with E-state index in [1.807, 2.05) is 0 Å². The number of carboxylic acid groups (broad SMARTS) is 1. The molecule has 1 rings (SSSR count). The highest BCUT2D eigenvalue weighted by Gasteiger charge is 2.23. The molecule has 0 aliphatic rings. The van der Waals surface area contributed by atoms with Gasteiger partial charge in [-0.1, -0.05) is 32.1 Å². The van der Waals surface area contributed by atoms with Crippen LogP contribution >= 0.6 is 0 Å². The molecule has 0 saturated carbocycles. The SMILES string of the molecule is COc1cccc(C(C)(C)/C=C\C(=O)O)c1F. The van der Waals surface area contributed by atoms with Crippen molar-refractivity contribution in [3.8, 4) is 5.75 Å². The Balaban J connectivity index is 3.19. The molecule has 17 heavy (non-hydrogen) atoms. The summed E-state index contributed by atoms with van der Waals surface area (Å²) in [5.74, 6) is -1.37. The molecule has 4 heteroatoms. The average molecular weight is 238 g/mol. The summed E-state index contributed by atoms with van der Waals surface area (Å²) in [5.41, 5.74) is -0.314. The third-order valence-corrected chi connectivity index (χ3v) is 2.52. The van der Waals surface area contributed by atoms with E-state index >= 15 is 0 Å². The van der Waals surface area contributed by atoms with Crippen LogP contribution in [-0.2, 0) is 10.2 Å². The van der Waals surface area contributed by atoms with Crippen LogP contribution in [0.2, 0.25) is 0 Å². The zero-order valence-electron chi connectivity index (χ0n) is 10.0. The molecule has 0 spiro atoms. The van der Waals surface area contributed by atoms with Gasteiger partial charge < -0.3 is 9.84 Å². The van der Waals surface area contributed by atoms with E-state index in [9.17, 15) is 9.18 Å². The van der Waals surface area contributed by atoms with Crippen LogP contribution in [0.25, 0.3) is 0 Å². The maximum absolute atomic E-state index is 14.0. The van der Waals surface area contributed by atoms with Crippen molar-refractivity contribution in [3.05, 3.63) is 41.7 Å². The van der Waals surface area contributed by atoms with Crippen molar-refractivity contribution in [1.82, 2.24) is 0 Å². The van der Waals surface area contributed by atoms with Gasteiger partial charge in [0.25, 0.3) is 0 Å². The van der Waals surface area contributed by atoms with Gasteiger partial charge in [0.1, 0.15) is 0 Å². The lowest BCUT2D eigenvalue weighted by Gasteiger charge is -2.22. The third-order valence-electron chi connectivity index (χ3n) is 2.52. The molecule has 0 bridgehead atoms. The Morgan fingerprint density at radius 1 is 1.47 bits per heavy atom. The van der Waals surface area contributed by atoms with Crippen molar-refractivity contribution in [1.29, 1.82) is 0 Å². The Labute approximate surface area is 99.5 Å². The molecule has 0 heterocycles. The lowest BCUT2D eigenvalue weighted by atomic mass is 9.84. The molecule has 0 aliphatic heterocycles. The largest absolute Gasteiger partial charge is 0.494 e. The van der Waals surface area contributed by atoms with E-state index in [0.29, 0.717) is 5.56 Å². The van der Waals surface area contributed by atoms with Gasteiger partial charge in [-0.3, -0.25) is 0 Å². The van der Waals surface area contributed by atoms with E-state index in [2.05, 4.69) is 0 Å². The average Bonchev–Trinajstić information content (AvgIpc) is 2.26. The smallest absolute Gasteiger partial charge is 0.328 e. The van der Waals surface area contributed by atoms with E-state index in [1.54, 1.807) is 26.0 Å². The van der Waals surface area contributed by atoms with E-state index < -0.39 is 17.2 Å². The van der Waals surface area contributed by atoms with E-state index in [0.717, 1.165) is 6.08 Å². The van der Waals surface area contributed by atoms with E-state index in [-0.39, 0.29) is 5.75 Å². The van der Waals surface area contributed by atoms with Crippen molar-refractivity contribution >= 4 is 5.97 Å². The Bertz CT molecular complexity index is 450. The van der Waals surface area contributed by atoms with Crippen molar-refractivity contribution in [2.24, 2.45) is 0 Å². The van der Waals surface area contributed by atoms with Crippen LogP contribution in [0.4, 0.5) is 4.39 Å². The molecule has 0 saturated heterocycles. The van der Waals surface area contributed by atoms with Crippen LogP contribution in [0.5, 0.6) is 5.75 Å². The molecule has 0 radical (unpaired) electrons. The molecule has 3 nitrogen and oxygen atoms in total. The predicted octanol–water partition coefficient (Wildman–Crippen LogP) is 2.75. The van der Waals surface area contributed by atoms with Crippen LogP contribution in [0.3, 0.4) is 0 Å². The lowest BCUT2D eigenvalue weighted by molar-refractivity contribution is -0.131. The van der Waals surface area contributed by atoms with Gasteiger partial charge >= 0.3 is 5.97 Å². The van der Waals surface area contributed by atoms with Crippen molar-refractivity contribution in [3.63, 3.8) is 0 Å². The van der Waals surface area contributed by atoms with Gasteiger partial charge in [0.2, 0.25) is 0 Å². The molecule has 1 aromatic carbocycles. The first-order chi connectivity index (χ1) is 7.88. The van der Waals surface area contributed by atoms with E-state index in [1.165, 1.54) is 19.3 Å². The number of carbonyl (C=O) groups is 1. The van der Waals surface area contributed by atoms with Crippen LogP contribution in [-0.4, -0.2) is 18.2 Å². The summed E-state index contributed by atoms with van der Waals surface area (Å²) in [7, 11) is 1.39. The first kappa shape index (κ1) is 13.2. The van der Waals surface area contributed by atoms with Crippen molar-refractivity contribution < 1.29 is 19.0 Å². The van der Waals surface area contributed by atoms with Gasteiger partial charge in [-0.15, -0.1) is 0 Å². The van der Waals surface area contributed by atoms with Crippen molar-refractivity contribution in [2.45, 2.75) is 19.3 Å². The molecule has 0 amide bonds. The molecule has 0 fully saturated rings. The minimum atomic E-state index is -1.05. The number of carboxylic acids is 1. The Hall–Kier alpha value is -1.84. The highest BCUT2D eigenvalue weighted by molar-refractivity contribution is 5.80. The second kappa shape index (κ2) is 4.99. The summed E-state index contributed by atoms with van der Waals surface area (Å²) < 4.78 is 18.9. The van der Waals surface area contributed by atoms with Crippen LogP contribution in [0.15, 0.2) is 30.4 Å². The molecule has 0 aliphatic carbocycles. The normalized spacial score (nSPS) is 11.8. The monoisotopic (exact) mass is 238 g/mol. The fraction of sp³-hybridized carbons (Fsp3) is 0.308. The van der Waals surface area contributed by atoms with Crippen LogP contribution < -0.4 is 4.74 Å². The number of halogens is 1. The Kier molecular flexibility index (Phi) is 3.89. The van der Waals surface area contributed by atoms with Gasteiger partial charge in [-0.2, -0.15) is 0 Å². The first-order valence-electron chi connectivity index (χ1n) is 5.13. The topological polar surface area (TPSA) is 46.5 Å². The summed E-state index contributed by atoms with van der Waals surface area (Å²) in [6.45, 7) is 3.48. The maximum Gasteiger partial charge on any atom is 0.328 e. The second-order valence-corrected chi connectivity index (χ2v) is 4.22. The fourth-order valence-electron chi connectivity index (χ4n) is 1.54. The van der Waals surface area contributed by atoms with Crippen LogP contribution in [0, 0.1) is 5.82 Å². The third kappa shape index (κ3) is 3.06. The van der Waals surface area contributed by atoms with Gasteiger partial charge in [0.15, 0.2) is 11.6 Å². The molecule has 92 valence electrons. The highest BCUT2D eigenvalue weighted by atomic mass is 19.1. The quantitative estimate of drug-likeness (QED) is 0.820. The lowest BCUT2D eigenvalue weighted by Crippen LogP contribution is -2.16.